The van der Waals surface area contributed by atoms with E-state index in [1.165, 1.54) is 11.3 Å². The lowest BCUT2D eigenvalue weighted by Crippen LogP contribution is -2.09. The van der Waals surface area contributed by atoms with Crippen molar-refractivity contribution in [3.8, 4) is 16.3 Å². The van der Waals surface area contributed by atoms with E-state index < -0.39 is 5.97 Å². The predicted octanol–water partition coefficient (Wildman–Crippen LogP) is 5.51. The van der Waals surface area contributed by atoms with Gasteiger partial charge in [0.2, 0.25) is 0 Å². The van der Waals surface area contributed by atoms with Crippen molar-refractivity contribution in [1.82, 2.24) is 4.98 Å². The third-order valence-electron chi connectivity index (χ3n) is 2.58. The van der Waals surface area contributed by atoms with Crippen LogP contribution in [0.15, 0.2) is 44.9 Å². The third kappa shape index (κ3) is 3.35. The van der Waals surface area contributed by atoms with Crippen LogP contribution in [0.3, 0.4) is 0 Å². The van der Waals surface area contributed by atoms with Gasteiger partial charge in [0.05, 0.1) is 4.47 Å². The summed E-state index contributed by atoms with van der Waals surface area (Å²) in [5, 5.41) is 7.02. The molecule has 3 rings (SSSR count). The first kappa shape index (κ1) is 14.7. The van der Waals surface area contributed by atoms with Crippen LogP contribution in [-0.2, 0) is 0 Å². The number of halogens is 2. The SMILES string of the molecule is O=C(Oc1ccc(Cl)cc1Br)c1csc(-c2ccsc2)n1. The number of carbonyl (C=O) groups excluding carboxylic acids is 1. The number of thiazole rings is 1. The van der Waals surface area contributed by atoms with Crippen molar-refractivity contribution >= 4 is 56.2 Å². The molecule has 3 aromatic rings. The van der Waals surface area contributed by atoms with Gasteiger partial charge in [0.25, 0.3) is 0 Å². The predicted molar refractivity (Wildman–Crippen MR) is 89.5 cm³/mol. The Balaban J connectivity index is 1.79. The van der Waals surface area contributed by atoms with Gasteiger partial charge in [-0.3, -0.25) is 0 Å². The van der Waals surface area contributed by atoms with Gasteiger partial charge in [-0.05, 0) is 45.6 Å². The topological polar surface area (TPSA) is 39.2 Å². The molecule has 2 aromatic heterocycles. The molecule has 0 aliphatic heterocycles. The summed E-state index contributed by atoms with van der Waals surface area (Å²) in [6, 6.07) is 6.93. The lowest BCUT2D eigenvalue weighted by molar-refractivity contribution is 0.0728. The van der Waals surface area contributed by atoms with Crippen molar-refractivity contribution < 1.29 is 9.53 Å². The van der Waals surface area contributed by atoms with Gasteiger partial charge in [-0.25, -0.2) is 9.78 Å². The van der Waals surface area contributed by atoms with Gasteiger partial charge in [-0.2, -0.15) is 11.3 Å². The number of benzene rings is 1. The molecule has 7 heteroatoms. The molecule has 0 fully saturated rings. The second kappa shape index (κ2) is 6.27. The fourth-order valence-electron chi connectivity index (χ4n) is 1.60. The van der Waals surface area contributed by atoms with E-state index in [-0.39, 0.29) is 0 Å². The molecule has 106 valence electrons. The van der Waals surface area contributed by atoms with E-state index in [1.54, 1.807) is 34.9 Å². The van der Waals surface area contributed by atoms with Crippen molar-refractivity contribution in [2.24, 2.45) is 0 Å². The Morgan fingerprint density at radius 3 is 2.86 bits per heavy atom. The maximum Gasteiger partial charge on any atom is 0.363 e. The van der Waals surface area contributed by atoms with Gasteiger partial charge in [-0.15, -0.1) is 11.3 Å². The van der Waals surface area contributed by atoms with E-state index in [0.29, 0.717) is 20.9 Å². The molecule has 0 atom stereocenters. The normalized spacial score (nSPS) is 10.6. The standard InChI is InChI=1S/C14H7BrClNO2S2/c15-10-5-9(16)1-2-12(10)19-14(18)11-7-21-13(17-11)8-3-4-20-6-8/h1-7H. The van der Waals surface area contributed by atoms with Gasteiger partial charge >= 0.3 is 5.97 Å². The minimum atomic E-state index is -0.490. The van der Waals surface area contributed by atoms with Crippen LogP contribution in [0.4, 0.5) is 0 Å². The van der Waals surface area contributed by atoms with Gasteiger partial charge in [0, 0.05) is 21.3 Å². The molecule has 0 aliphatic carbocycles. The van der Waals surface area contributed by atoms with Crippen LogP contribution in [0, 0.1) is 0 Å². The Labute approximate surface area is 142 Å². The van der Waals surface area contributed by atoms with Gasteiger partial charge in [0.15, 0.2) is 5.69 Å². The zero-order chi connectivity index (χ0) is 14.8. The summed E-state index contributed by atoms with van der Waals surface area (Å²) in [4.78, 5) is 16.4. The first-order valence-electron chi connectivity index (χ1n) is 5.79. The van der Waals surface area contributed by atoms with Crippen LogP contribution in [0.2, 0.25) is 5.02 Å². The minimum absolute atomic E-state index is 0.294. The summed E-state index contributed by atoms with van der Waals surface area (Å²) < 4.78 is 5.94. The monoisotopic (exact) mass is 399 g/mol. The van der Waals surface area contributed by atoms with Gasteiger partial charge in [0.1, 0.15) is 10.8 Å². The van der Waals surface area contributed by atoms with E-state index in [4.69, 9.17) is 16.3 Å². The molecule has 0 amide bonds. The van der Waals surface area contributed by atoms with Crippen molar-refractivity contribution in [3.63, 3.8) is 0 Å². The lowest BCUT2D eigenvalue weighted by atomic mass is 10.3. The second-order valence-corrected chi connectivity index (χ2v) is 6.94. The highest BCUT2D eigenvalue weighted by molar-refractivity contribution is 9.10. The summed E-state index contributed by atoms with van der Waals surface area (Å²) in [5.74, 6) is -0.0785. The molecule has 0 saturated carbocycles. The molecule has 0 N–H and O–H groups in total. The van der Waals surface area contributed by atoms with Crippen molar-refractivity contribution in [1.29, 1.82) is 0 Å². The van der Waals surface area contributed by atoms with Crippen molar-refractivity contribution in [3.05, 3.63) is 55.6 Å². The van der Waals surface area contributed by atoms with Gasteiger partial charge < -0.3 is 4.74 Å². The van der Waals surface area contributed by atoms with Crippen LogP contribution in [0.25, 0.3) is 10.6 Å². The highest BCUT2D eigenvalue weighted by Gasteiger charge is 2.15. The molecule has 0 radical (unpaired) electrons. The number of thiophene rings is 1. The quantitative estimate of drug-likeness (QED) is 0.430. The van der Waals surface area contributed by atoms with Crippen LogP contribution in [0.5, 0.6) is 5.75 Å². The number of carbonyl (C=O) groups is 1. The first-order chi connectivity index (χ1) is 10.1. The van der Waals surface area contributed by atoms with E-state index in [2.05, 4.69) is 20.9 Å². The average Bonchev–Trinajstić information content (AvgIpc) is 3.10. The lowest BCUT2D eigenvalue weighted by Gasteiger charge is -2.04. The van der Waals surface area contributed by atoms with Crippen molar-refractivity contribution in [2.45, 2.75) is 0 Å². The van der Waals surface area contributed by atoms with E-state index in [1.807, 2.05) is 16.8 Å². The van der Waals surface area contributed by atoms with E-state index in [9.17, 15) is 4.79 Å². The van der Waals surface area contributed by atoms with Crippen LogP contribution < -0.4 is 4.74 Å². The Bertz CT molecular complexity index is 786. The summed E-state index contributed by atoms with van der Waals surface area (Å²) in [6.45, 7) is 0. The number of hydrogen-bond donors (Lipinski definition) is 0. The fourth-order valence-corrected chi connectivity index (χ4v) is 3.86. The number of ether oxygens (including phenoxy) is 1. The maximum atomic E-state index is 12.1. The largest absolute Gasteiger partial charge is 0.421 e. The summed E-state index contributed by atoms with van der Waals surface area (Å²) >= 11 is 12.2. The Hall–Kier alpha value is -1.21. The van der Waals surface area contributed by atoms with Crippen LogP contribution >= 0.6 is 50.2 Å². The highest BCUT2D eigenvalue weighted by Crippen LogP contribution is 2.30. The molecule has 0 unspecified atom stereocenters. The fraction of sp³-hybridized carbons (Fsp3) is 0. The summed E-state index contributed by atoms with van der Waals surface area (Å²) in [7, 11) is 0. The van der Waals surface area contributed by atoms with E-state index >= 15 is 0 Å². The third-order valence-corrected chi connectivity index (χ3v) is 5.01. The maximum absolute atomic E-state index is 12.1. The second-order valence-electron chi connectivity index (χ2n) is 4.01. The molecule has 21 heavy (non-hydrogen) atoms. The molecular weight excluding hydrogens is 394 g/mol. The molecule has 2 heterocycles. The Morgan fingerprint density at radius 2 is 2.14 bits per heavy atom. The molecule has 0 bridgehead atoms. The molecular formula is C14H7BrClNO2S2. The highest BCUT2D eigenvalue weighted by atomic mass is 79.9. The van der Waals surface area contributed by atoms with Gasteiger partial charge in [-0.1, -0.05) is 11.6 Å². The van der Waals surface area contributed by atoms with E-state index in [0.717, 1.165) is 10.6 Å². The molecule has 0 spiro atoms. The zero-order valence-electron chi connectivity index (χ0n) is 10.4. The number of esters is 1. The Kier molecular flexibility index (Phi) is 4.40. The molecule has 0 aliphatic rings. The molecule has 3 nitrogen and oxygen atoms in total. The number of hydrogen-bond acceptors (Lipinski definition) is 5. The van der Waals surface area contributed by atoms with Crippen LogP contribution in [0.1, 0.15) is 10.5 Å². The molecule has 0 saturated heterocycles. The van der Waals surface area contributed by atoms with Crippen molar-refractivity contribution in [2.75, 3.05) is 0 Å². The Morgan fingerprint density at radius 1 is 1.29 bits per heavy atom. The summed E-state index contributed by atoms with van der Waals surface area (Å²) in [6.07, 6.45) is 0. The minimum Gasteiger partial charge on any atom is -0.421 e. The number of aromatic nitrogens is 1. The molecule has 1 aromatic carbocycles. The smallest absolute Gasteiger partial charge is 0.363 e. The average molecular weight is 401 g/mol. The zero-order valence-corrected chi connectivity index (χ0v) is 14.4. The number of nitrogens with zero attached hydrogens (tertiary/aromatic N) is 1. The van der Waals surface area contributed by atoms with Crippen LogP contribution in [-0.4, -0.2) is 11.0 Å². The number of rotatable bonds is 3. The first-order valence-corrected chi connectivity index (χ1v) is 8.78. The summed E-state index contributed by atoms with van der Waals surface area (Å²) in [5.41, 5.74) is 1.31.